The zero-order valence-corrected chi connectivity index (χ0v) is 10.6. The molecule has 0 aromatic carbocycles. The summed E-state index contributed by atoms with van der Waals surface area (Å²) in [6, 6.07) is -0.199. The van der Waals surface area contributed by atoms with Gasteiger partial charge < -0.3 is 9.64 Å². The maximum absolute atomic E-state index is 11.5. The molecule has 1 unspecified atom stereocenters. The Morgan fingerprint density at radius 2 is 2.12 bits per heavy atom. The molecule has 0 aromatic rings. The average Bonchev–Trinajstić information content (AvgIpc) is 2.48. The van der Waals surface area contributed by atoms with E-state index in [0.717, 1.165) is 6.26 Å². The van der Waals surface area contributed by atoms with Crippen molar-refractivity contribution >= 4 is 16.1 Å². The first-order chi connectivity index (χ1) is 7.28. The van der Waals surface area contributed by atoms with Crippen molar-refractivity contribution in [1.82, 2.24) is 9.62 Å². The lowest BCUT2D eigenvalue weighted by atomic mass is 10.3. The van der Waals surface area contributed by atoms with Gasteiger partial charge in [-0.05, 0) is 20.3 Å². The fourth-order valence-corrected chi connectivity index (χ4v) is 2.40. The highest BCUT2D eigenvalue weighted by molar-refractivity contribution is 7.88. The minimum atomic E-state index is -3.21. The van der Waals surface area contributed by atoms with Gasteiger partial charge in [0.05, 0.1) is 12.4 Å². The summed E-state index contributed by atoms with van der Waals surface area (Å²) in [4.78, 5) is 13.0. The van der Waals surface area contributed by atoms with Crippen molar-refractivity contribution in [3.8, 4) is 0 Å². The molecule has 0 saturated carbocycles. The van der Waals surface area contributed by atoms with Gasteiger partial charge in [-0.15, -0.1) is 0 Å². The highest BCUT2D eigenvalue weighted by atomic mass is 32.2. The van der Waals surface area contributed by atoms with Crippen LogP contribution in [0.5, 0.6) is 0 Å². The van der Waals surface area contributed by atoms with Crippen LogP contribution in [0, 0.1) is 0 Å². The molecular weight excluding hydrogens is 232 g/mol. The van der Waals surface area contributed by atoms with Crippen molar-refractivity contribution in [1.29, 1.82) is 0 Å². The normalized spacial score (nSPS) is 21.5. The van der Waals surface area contributed by atoms with Crippen molar-refractivity contribution in [3.05, 3.63) is 0 Å². The SMILES string of the molecule is CC(C)OC(=O)N1CCC(NS(C)(=O)=O)C1. The van der Waals surface area contributed by atoms with E-state index in [0.29, 0.717) is 19.5 Å². The number of nitrogens with zero attached hydrogens (tertiary/aromatic N) is 1. The van der Waals surface area contributed by atoms with Gasteiger partial charge in [0.15, 0.2) is 0 Å². The van der Waals surface area contributed by atoms with Crippen LogP contribution in [-0.4, -0.2) is 50.9 Å². The summed E-state index contributed by atoms with van der Waals surface area (Å²) in [5.41, 5.74) is 0. The van der Waals surface area contributed by atoms with Crippen LogP contribution in [-0.2, 0) is 14.8 Å². The number of amides is 1. The van der Waals surface area contributed by atoms with Gasteiger partial charge >= 0.3 is 6.09 Å². The van der Waals surface area contributed by atoms with Gasteiger partial charge in [0.25, 0.3) is 0 Å². The van der Waals surface area contributed by atoms with Crippen LogP contribution < -0.4 is 4.72 Å². The average molecular weight is 250 g/mol. The molecule has 1 rings (SSSR count). The first-order valence-electron chi connectivity index (χ1n) is 5.21. The van der Waals surface area contributed by atoms with Gasteiger partial charge in [-0.1, -0.05) is 0 Å². The Labute approximate surface area is 96.0 Å². The Morgan fingerprint density at radius 1 is 1.50 bits per heavy atom. The van der Waals surface area contributed by atoms with E-state index < -0.39 is 10.0 Å². The lowest BCUT2D eigenvalue weighted by Crippen LogP contribution is -2.38. The first kappa shape index (κ1) is 13.2. The number of sulfonamides is 1. The van der Waals surface area contributed by atoms with Crippen molar-refractivity contribution in [2.75, 3.05) is 19.3 Å². The van der Waals surface area contributed by atoms with Gasteiger partial charge in [-0.2, -0.15) is 0 Å². The van der Waals surface area contributed by atoms with Crippen molar-refractivity contribution in [2.24, 2.45) is 0 Å². The molecule has 1 fully saturated rings. The summed E-state index contributed by atoms with van der Waals surface area (Å²) >= 11 is 0. The fourth-order valence-electron chi connectivity index (χ4n) is 1.60. The van der Waals surface area contributed by atoms with E-state index in [9.17, 15) is 13.2 Å². The number of carbonyl (C=O) groups excluding carboxylic acids is 1. The fraction of sp³-hybridized carbons (Fsp3) is 0.889. The summed E-state index contributed by atoms with van der Waals surface area (Å²) in [6.07, 6.45) is 1.20. The van der Waals surface area contributed by atoms with E-state index in [1.165, 1.54) is 4.90 Å². The summed E-state index contributed by atoms with van der Waals surface area (Å²) in [5, 5.41) is 0. The van der Waals surface area contributed by atoms with E-state index in [1.807, 2.05) is 0 Å². The van der Waals surface area contributed by atoms with E-state index in [2.05, 4.69) is 4.72 Å². The quantitative estimate of drug-likeness (QED) is 0.774. The van der Waals surface area contributed by atoms with Crippen LogP contribution in [0.25, 0.3) is 0 Å². The highest BCUT2D eigenvalue weighted by Crippen LogP contribution is 2.11. The third-order valence-electron chi connectivity index (χ3n) is 2.16. The number of nitrogens with one attached hydrogen (secondary N) is 1. The van der Waals surface area contributed by atoms with E-state index in [-0.39, 0.29) is 18.2 Å². The number of hydrogen-bond acceptors (Lipinski definition) is 4. The predicted molar refractivity (Wildman–Crippen MR) is 59.6 cm³/mol. The van der Waals surface area contributed by atoms with Crippen LogP contribution in [0.3, 0.4) is 0 Å². The maximum Gasteiger partial charge on any atom is 0.410 e. The summed E-state index contributed by atoms with van der Waals surface area (Å²) in [6.45, 7) is 4.46. The third-order valence-corrected chi connectivity index (χ3v) is 2.93. The number of hydrogen-bond donors (Lipinski definition) is 1. The Balaban J connectivity index is 2.43. The summed E-state index contributed by atoms with van der Waals surface area (Å²) in [7, 11) is -3.21. The summed E-state index contributed by atoms with van der Waals surface area (Å²) in [5.74, 6) is 0. The Bertz CT molecular complexity index is 353. The monoisotopic (exact) mass is 250 g/mol. The molecule has 0 aliphatic carbocycles. The Morgan fingerprint density at radius 3 is 2.62 bits per heavy atom. The topological polar surface area (TPSA) is 75.7 Å². The molecular formula is C9H18N2O4S. The second-order valence-corrected chi connectivity index (χ2v) is 6.03. The van der Waals surface area contributed by atoms with Crippen LogP contribution >= 0.6 is 0 Å². The standard InChI is InChI=1S/C9H18N2O4S/c1-7(2)15-9(12)11-5-4-8(6-11)10-16(3,13)14/h7-8,10H,4-6H2,1-3H3. The molecule has 1 aliphatic heterocycles. The van der Waals surface area contributed by atoms with Gasteiger partial charge in [0, 0.05) is 19.1 Å². The van der Waals surface area contributed by atoms with Gasteiger partial charge in [-0.25, -0.2) is 17.9 Å². The highest BCUT2D eigenvalue weighted by Gasteiger charge is 2.29. The zero-order chi connectivity index (χ0) is 12.3. The molecule has 7 heteroatoms. The molecule has 1 aliphatic rings. The van der Waals surface area contributed by atoms with Crippen LogP contribution in [0.1, 0.15) is 20.3 Å². The van der Waals surface area contributed by atoms with E-state index in [4.69, 9.17) is 4.74 Å². The molecule has 0 spiro atoms. The molecule has 0 aromatic heterocycles. The third kappa shape index (κ3) is 4.36. The van der Waals surface area contributed by atoms with Gasteiger partial charge in [0.1, 0.15) is 0 Å². The molecule has 16 heavy (non-hydrogen) atoms. The Hall–Kier alpha value is -0.820. The minimum absolute atomic E-state index is 0.158. The largest absolute Gasteiger partial charge is 0.447 e. The van der Waals surface area contributed by atoms with Crippen molar-refractivity contribution in [3.63, 3.8) is 0 Å². The van der Waals surface area contributed by atoms with Crippen LogP contribution in [0.2, 0.25) is 0 Å². The molecule has 1 heterocycles. The second-order valence-electron chi connectivity index (χ2n) is 4.25. The number of ether oxygens (including phenoxy) is 1. The Kier molecular flexibility index (Phi) is 4.15. The van der Waals surface area contributed by atoms with Crippen molar-refractivity contribution in [2.45, 2.75) is 32.4 Å². The molecule has 1 amide bonds. The maximum atomic E-state index is 11.5. The number of rotatable bonds is 3. The second kappa shape index (κ2) is 5.01. The molecule has 6 nitrogen and oxygen atoms in total. The number of likely N-dealkylation sites (tertiary alicyclic amines) is 1. The number of carbonyl (C=O) groups is 1. The van der Waals surface area contributed by atoms with Gasteiger partial charge in [0.2, 0.25) is 10.0 Å². The molecule has 1 N–H and O–H groups in total. The zero-order valence-electron chi connectivity index (χ0n) is 9.76. The molecule has 1 saturated heterocycles. The van der Waals surface area contributed by atoms with E-state index >= 15 is 0 Å². The molecule has 1 atom stereocenters. The summed E-state index contributed by atoms with van der Waals surface area (Å²) < 4.78 is 29.5. The van der Waals surface area contributed by atoms with Gasteiger partial charge in [-0.3, -0.25) is 0 Å². The predicted octanol–water partition coefficient (Wildman–Crippen LogP) is 0.155. The lowest BCUT2D eigenvalue weighted by Gasteiger charge is -2.18. The van der Waals surface area contributed by atoms with E-state index in [1.54, 1.807) is 13.8 Å². The molecule has 0 bridgehead atoms. The van der Waals surface area contributed by atoms with Crippen LogP contribution in [0.4, 0.5) is 4.79 Å². The minimum Gasteiger partial charge on any atom is -0.447 e. The van der Waals surface area contributed by atoms with Crippen LogP contribution in [0.15, 0.2) is 0 Å². The smallest absolute Gasteiger partial charge is 0.410 e. The molecule has 0 radical (unpaired) electrons. The van der Waals surface area contributed by atoms with Crippen molar-refractivity contribution < 1.29 is 17.9 Å². The lowest BCUT2D eigenvalue weighted by molar-refractivity contribution is 0.0832. The molecule has 94 valence electrons. The first-order valence-corrected chi connectivity index (χ1v) is 7.10.